The number of morpholine rings is 1. The highest BCUT2D eigenvalue weighted by Crippen LogP contribution is 2.42. The van der Waals surface area contributed by atoms with Crippen molar-refractivity contribution in [3.8, 4) is 0 Å². The van der Waals surface area contributed by atoms with Crippen LogP contribution < -0.4 is 0 Å². The number of nitrogens with zero attached hydrogens (tertiary/aromatic N) is 1. The summed E-state index contributed by atoms with van der Waals surface area (Å²) < 4.78 is 5.97. The quantitative estimate of drug-likeness (QED) is 0.869. The molecule has 0 atom stereocenters. The molecule has 1 saturated heterocycles. The van der Waals surface area contributed by atoms with Gasteiger partial charge < -0.3 is 14.7 Å². The van der Waals surface area contributed by atoms with Gasteiger partial charge >= 0.3 is 5.97 Å². The van der Waals surface area contributed by atoms with E-state index in [4.69, 9.17) is 4.74 Å². The molecule has 1 aliphatic carbocycles. The van der Waals surface area contributed by atoms with Gasteiger partial charge in [0, 0.05) is 19.5 Å². The van der Waals surface area contributed by atoms with Crippen molar-refractivity contribution in [1.82, 2.24) is 4.90 Å². The Morgan fingerprint density at radius 1 is 1.05 bits per heavy atom. The molecule has 120 valence electrons. The van der Waals surface area contributed by atoms with Crippen molar-refractivity contribution < 1.29 is 19.4 Å². The van der Waals surface area contributed by atoms with Gasteiger partial charge in [0.05, 0.1) is 16.6 Å². The third-order valence-corrected chi connectivity index (χ3v) is 4.55. The van der Waals surface area contributed by atoms with Crippen LogP contribution in [0, 0.1) is 5.41 Å². The molecular formula is C16H27NO4. The zero-order valence-electron chi connectivity index (χ0n) is 13.6. The highest BCUT2D eigenvalue weighted by molar-refractivity contribution is 5.85. The van der Waals surface area contributed by atoms with Gasteiger partial charge in [0.2, 0.25) is 5.91 Å². The van der Waals surface area contributed by atoms with Crippen LogP contribution >= 0.6 is 0 Å². The number of amides is 1. The van der Waals surface area contributed by atoms with Crippen molar-refractivity contribution in [2.75, 3.05) is 13.1 Å². The van der Waals surface area contributed by atoms with Crippen LogP contribution in [0.2, 0.25) is 0 Å². The van der Waals surface area contributed by atoms with Crippen molar-refractivity contribution in [1.29, 1.82) is 0 Å². The highest BCUT2D eigenvalue weighted by Gasteiger charge is 2.46. The first-order chi connectivity index (χ1) is 9.55. The molecule has 21 heavy (non-hydrogen) atoms. The third-order valence-electron chi connectivity index (χ3n) is 4.55. The Hall–Kier alpha value is -1.10. The second-order valence-electron chi connectivity index (χ2n) is 7.84. The van der Waals surface area contributed by atoms with E-state index in [1.54, 1.807) is 4.90 Å². The van der Waals surface area contributed by atoms with Crippen molar-refractivity contribution >= 4 is 11.9 Å². The predicted octanol–water partition coefficient (Wildman–Crippen LogP) is 2.44. The monoisotopic (exact) mass is 297 g/mol. The van der Waals surface area contributed by atoms with Gasteiger partial charge in [0.1, 0.15) is 0 Å². The molecule has 1 saturated carbocycles. The fourth-order valence-corrected chi connectivity index (χ4v) is 3.88. The first kappa shape index (κ1) is 16.3. The van der Waals surface area contributed by atoms with Crippen molar-refractivity contribution in [2.24, 2.45) is 5.41 Å². The SMILES string of the molecule is CC1(C)CN(C(=O)CC2(C(=O)O)CCCC2)CC(C)(C)O1. The summed E-state index contributed by atoms with van der Waals surface area (Å²) in [5.41, 5.74) is -1.64. The van der Waals surface area contributed by atoms with Gasteiger partial charge in [0.15, 0.2) is 0 Å². The minimum Gasteiger partial charge on any atom is -0.481 e. The Labute approximate surface area is 126 Å². The normalized spacial score (nSPS) is 26.6. The zero-order valence-corrected chi connectivity index (χ0v) is 13.6. The number of carboxylic acid groups (broad SMARTS) is 1. The number of aliphatic carboxylic acids is 1. The number of carboxylic acids is 1. The lowest BCUT2D eigenvalue weighted by atomic mass is 9.82. The molecule has 2 aliphatic rings. The first-order valence-corrected chi connectivity index (χ1v) is 7.77. The summed E-state index contributed by atoms with van der Waals surface area (Å²) in [6.45, 7) is 8.91. The molecule has 1 amide bonds. The minimum atomic E-state index is -0.844. The van der Waals surface area contributed by atoms with E-state index in [1.807, 2.05) is 27.7 Å². The standard InChI is InChI=1S/C16H27NO4/c1-14(2)10-17(11-15(3,4)21-14)12(18)9-16(13(19)20)7-5-6-8-16/h5-11H2,1-4H3,(H,19,20). The number of hydrogen-bond acceptors (Lipinski definition) is 3. The highest BCUT2D eigenvalue weighted by atomic mass is 16.5. The van der Waals surface area contributed by atoms with Crippen LogP contribution in [0.3, 0.4) is 0 Å². The molecule has 1 aliphatic heterocycles. The lowest BCUT2D eigenvalue weighted by Gasteiger charge is -2.47. The average Bonchev–Trinajstić information content (AvgIpc) is 2.74. The molecule has 0 aromatic carbocycles. The fraction of sp³-hybridized carbons (Fsp3) is 0.875. The number of carbonyl (C=O) groups excluding carboxylic acids is 1. The Bertz CT molecular complexity index is 420. The molecule has 0 unspecified atom stereocenters. The van der Waals surface area contributed by atoms with E-state index in [-0.39, 0.29) is 12.3 Å². The van der Waals surface area contributed by atoms with Gasteiger partial charge in [0.25, 0.3) is 0 Å². The van der Waals surface area contributed by atoms with Crippen LogP contribution in [0.1, 0.15) is 59.8 Å². The van der Waals surface area contributed by atoms with E-state index in [0.717, 1.165) is 12.8 Å². The number of ether oxygens (including phenoxy) is 1. The lowest BCUT2D eigenvalue weighted by Crippen LogP contribution is -2.59. The Morgan fingerprint density at radius 2 is 1.52 bits per heavy atom. The van der Waals surface area contributed by atoms with Gasteiger partial charge in [-0.15, -0.1) is 0 Å². The van der Waals surface area contributed by atoms with Gasteiger partial charge in [-0.2, -0.15) is 0 Å². The summed E-state index contributed by atoms with van der Waals surface area (Å²) in [5.74, 6) is -0.871. The van der Waals surface area contributed by atoms with Gasteiger partial charge in [-0.3, -0.25) is 9.59 Å². The molecular weight excluding hydrogens is 270 g/mol. The molecule has 5 heteroatoms. The molecule has 1 heterocycles. The topological polar surface area (TPSA) is 66.8 Å². The zero-order chi connectivity index (χ0) is 15.9. The Kier molecular flexibility index (Phi) is 4.08. The average molecular weight is 297 g/mol. The molecule has 1 N–H and O–H groups in total. The smallest absolute Gasteiger partial charge is 0.310 e. The Balaban J connectivity index is 2.11. The maximum atomic E-state index is 12.6. The molecule has 0 aromatic heterocycles. The summed E-state index contributed by atoms with van der Waals surface area (Å²) in [7, 11) is 0. The van der Waals surface area contributed by atoms with E-state index >= 15 is 0 Å². The van der Waals surface area contributed by atoms with E-state index in [9.17, 15) is 14.7 Å². The van der Waals surface area contributed by atoms with Crippen LogP contribution in [0.4, 0.5) is 0 Å². The van der Waals surface area contributed by atoms with E-state index in [1.165, 1.54) is 0 Å². The molecule has 2 fully saturated rings. The van der Waals surface area contributed by atoms with Crippen LogP contribution in [-0.2, 0) is 14.3 Å². The lowest BCUT2D eigenvalue weighted by molar-refractivity contribution is -0.189. The largest absolute Gasteiger partial charge is 0.481 e. The molecule has 2 rings (SSSR count). The van der Waals surface area contributed by atoms with Gasteiger partial charge in [-0.05, 0) is 40.5 Å². The second-order valence-corrected chi connectivity index (χ2v) is 7.84. The summed E-state index contributed by atoms with van der Waals surface area (Å²) in [4.78, 5) is 26.0. The van der Waals surface area contributed by atoms with Crippen molar-refractivity contribution in [2.45, 2.75) is 71.0 Å². The van der Waals surface area contributed by atoms with E-state index in [0.29, 0.717) is 25.9 Å². The van der Waals surface area contributed by atoms with Crippen LogP contribution in [0.25, 0.3) is 0 Å². The summed E-state index contributed by atoms with van der Waals surface area (Å²) >= 11 is 0. The second kappa shape index (κ2) is 5.27. The summed E-state index contributed by atoms with van der Waals surface area (Å²) in [5, 5.41) is 9.52. The van der Waals surface area contributed by atoms with E-state index < -0.39 is 22.6 Å². The third kappa shape index (κ3) is 3.57. The summed E-state index contributed by atoms with van der Waals surface area (Å²) in [6, 6.07) is 0. The molecule has 0 bridgehead atoms. The molecule has 0 aromatic rings. The van der Waals surface area contributed by atoms with Crippen molar-refractivity contribution in [3.63, 3.8) is 0 Å². The number of hydrogen-bond donors (Lipinski definition) is 1. The molecule has 0 spiro atoms. The van der Waals surface area contributed by atoms with Gasteiger partial charge in [-0.25, -0.2) is 0 Å². The maximum Gasteiger partial charge on any atom is 0.310 e. The van der Waals surface area contributed by atoms with Crippen molar-refractivity contribution in [3.05, 3.63) is 0 Å². The summed E-state index contributed by atoms with van der Waals surface area (Å²) in [6.07, 6.45) is 3.16. The first-order valence-electron chi connectivity index (χ1n) is 7.77. The van der Waals surface area contributed by atoms with Crippen LogP contribution in [-0.4, -0.2) is 46.2 Å². The predicted molar refractivity (Wildman–Crippen MR) is 79.0 cm³/mol. The van der Waals surface area contributed by atoms with E-state index in [2.05, 4.69) is 0 Å². The van der Waals surface area contributed by atoms with Gasteiger partial charge in [-0.1, -0.05) is 12.8 Å². The Morgan fingerprint density at radius 3 is 1.95 bits per heavy atom. The van der Waals surface area contributed by atoms with Crippen LogP contribution in [0.15, 0.2) is 0 Å². The number of rotatable bonds is 3. The number of carbonyl (C=O) groups is 2. The molecule has 0 radical (unpaired) electrons. The minimum absolute atomic E-state index is 0.0521. The fourth-order valence-electron chi connectivity index (χ4n) is 3.88. The molecule has 5 nitrogen and oxygen atoms in total. The van der Waals surface area contributed by atoms with Crippen LogP contribution in [0.5, 0.6) is 0 Å². The maximum absolute atomic E-state index is 12.6.